The van der Waals surface area contributed by atoms with Crippen LogP contribution in [0.3, 0.4) is 0 Å². The van der Waals surface area contributed by atoms with Gasteiger partial charge in [0, 0.05) is 16.7 Å². The molecule has 0 unspecified atom stereocenters. The van der Waals surface area contributed by atoms with E-state index in [1.165, 1.54) is 18.2 Å². The predicted octanol–water partition coefficient (Wildman–Crippen LogP) is 1.58. The van der Waals surface area contributed by atoms with Crippen LogP contribution >= 0.6 is 0 Å². The SMILES string of the molecule is C[C@@H]1C=C2C=CS(=O)(=O)C2=CC2=C1S(=O)(=O)C=C2. The van der Waals surface area contributed by atoms with Crippen molar-refractivity contribution in [1.29, 1.82) is 0 Å². The van der Waals surface area contributed by atoms with Crippen molar-refractivity contribution in [2.75, 3.05) is 0 Å². The molecule has 0 radical (unpaired) electrons. The zero-order valence-corrected chi connectivity index (χ0v) is 11.1. The summed E-state index contributed by atoms with van der Waals surface area (Å²) in [4.78, 5) is 0.460. The zero-order chi connectivity index (χ0) is 13.1. The summed E-state index contributed by atoms with van der Waals surface area (Å²) < 4.78 is 47.4. The fourth-order valence-electron chi connectivity index (χ4n) is 2.40. The van der Waals surface area contributed by atoms with Gasteiger partial charge in [-0.2, -0.15) is 0 Å². The molecule has 0 N–H and O–H groups in total. The van der Waals surface area contributed by atoms with Gasteiger partial charge in [-0.1, -0.05) is 13.0 Å². The average Bonchev–Trinajstić information content (AvgIpc) is 2.63. The van der Waals surface area contributed by atoms with Gasteiger partial charge in [0.05, 0.1) is 9.81 Å². The molecule has 0 aromatic heterocycles. The van der Waals surface area contributed by atoms with Gasteiger partial charge >= 0.3 is 0 Å². The number of rotatable bonds is 0. The molecule has 2 aliphatic heterocycles. The molecule has 0 aromatic rings. The first-order valence-corrected chi connectivity index (χ1v) is 8.45. The summed E-state index contributed by atoms with van der Waals surface area (Å²) in [5.74, 6) is -0.332. The Morgan fingerprint density at radius 3 is 2.39 bits per heavy atom. The second kappa shape index (κ2) is 3.33. The van der Waals surface area contributed by atoms with Crippen LogP contribution in [0, 0.1) is 5.92 Å². The van der Waals surface area contributed by atoms with Crippen molar-refractivity contribution in [2.24, 2.45) is 5.92 Å². The minimum atomic E-state index is -3.42. The standard InChI is InChI=1S/C12H10O4S2/c1-8-6-9-2-4-17(13,14)11(9)7-10-3-5-18(15,16)12(8)10/h2-8H,1H3/t8-/m1/s1. The molecular formula is C12H10O4S2. The Balaban J connectivity index is 2.33. The highest BCUT2D eigenvalue weighted by atomic mass is 32.2. The molecule has 0 bridgehead atoms. The van der Waals surface area contributed by atoms with Gasteiger partial charge in [-0.15, -0.1) is 0 Å². The third-order valence-corrected chi connectivity index (χ3v) is 6.34. The summed E-state index contributed by atoms with van der Waals surface area (Å²) in [6.45, 7) is 1.75. The summed E-state index contributed by atoms with van der Waals surface area (Å²) in [6, 6.07) is 0. The Labute approximate surface area is 106 Å². The molecule has 1 aliphatic carbocycles. The number of sulfone groups is 2. The van der Waals surface area contributed by atoms with E-state index in [4.69, 9.17) is 0 Å². The zero-order valence-electron chi connectivity index (χ0n) is 9.49. The molecule has 3 aliphatic rings. The van der Waals surface area contributed by atoms with E-state index < -0.39 is 19.7 Å². The minimum Gasteiger partial charge on any atom is -0.219 e. The molecule has 0 saturated carbocycles. The number of hydrogen-bond donors (Lipinski definition) is 0. The lowest BCUT2D eigenvalue weighted by molar-refractivity contribution is 0.606. The Morgan fingerprint density at radius 2 is 1.67 bits per heavy atom. The van der Waals surface area contributed by atoms with E-state index in [1.54, 1.807) is 13.0 Å². The lowest BCUT2D eigenvalue weighted by Gasteiger charge is -2.08. The summed E-state index contributed by atoms with van der Waals surface area (Å²) >= 11 is 0. The van der Waals surface area contributed by atoms with Crippen LogP contribution in [0.15, 0.2) is 56.1 Å². The first kappa shape index (κ1) is 11.7. The maximum atomic E-state index is 11.9. The Bertz CT molecular complexity index is 800. The highest BCUT2D eigenvalue weighted by Gasteiger charge is 2.33. The van der Waals surface area contributed by atoms with E-state index in [1.807, 2.05) is 0 Å². The molecule has 94 valence electrons. The average molecular weight is 282 g/mol. The fraction of sp³-hybridized carbons (Fsp3) is 0.167. The van der Waals surface area contributed by atoms with Crippen LogP contribution in [0.1, 0.15) is 6.92 Å². The molecule has 0 saturated heterocycles. The summed E-state index contributed by atoms with van der Waals surface area (Å²) in [5, 5.41) is 2.27. The van der Waals surface area contributed by atoms with Crippen molar-refractivity contribution in [1.82, 2.24) is 0 Å². The maximum absolute atomic E-state index is 11.9. The molecule has 4 nitrogen and oxygen atoms in total. The Hall–Kier alpha value is -1.40. The van der Waals surface area contributed by atoms with E-state index in [0.717, 1.165) is 10.8 Å². The summed E-state index contributed by atoms with van der Waals surface area (Å²) in [5.41, 5.74) is 1.04. The van der Waals surface area contributed by atoms with E-state index in [2.05, 4.69) is 0 Å². The Kier molecular flexibility index (Phi) is 2.16. The molecule has 0 spiro atoms. The van der Waals surface area contributed by atoms with Gasteiger partial charge in [0.25, 0.3) is 0 Å². The van der Waals surface area contributed by atoms with E-state index in [9.17, 15) is 16.8 Å². The normalized spacial score (nSPS) is 30.6. The lowest BCUT2D eigenvalue weighted by Crippen LogP contribution is -2.05. The minimum absolute atomic E-state index is 0.182. The quantitative estimate of drug-likeness (QED) is 0.676. The highest BCUT2D eigenvalue weighted by molar-refractivity contribution is 7.99. The van der Waals surface area contributed by atoms with Gasteiger partial charge in [0.15, 0.2) is 19.7 Å². The van der Waals surface area contributed by atoms with Gasteiger partial charge < -0.3 is 0 Å². The predicted molar refractivity (Wildman–Crippen MR) is 68.5 cm³/mol. The number of hydrogen-bond acceptors (Lipinski definition) is 4. The first-order chi connectivity index (χ1) is 8.31. The van der Waals surface area contributed by atoms with E-state index in [0.29, 0.717) is 11.1 Å². The van der Waals surface area contributed by atoms with Crippen LogP contribution in [0.4, 0.5) is 0 Å². The summed E-state index contributed by atoms with van der Waals surface area (Å²) in [7, 11) is -6.82. The van der Waals surface area contributed by atoms with Gasteiger partial charge in [-0.3, -0.25) is 0 Å². The second-order valence-corrected chi connectivity index (χ2v) is 8.04. The topological polar surface area (TPSA) is 68.3 Å². The molecule has 18 heavy (non-hydrogen) atoms. The third-order valence-electron chi connectivity index (χ3n) is 3.17. The van der Waals surface area contributed by atoms with Crippen molar-refractivity contribution in [3.8, 4) is 0 Å². The molecule has 6 heteroatoms. The molecule has 1 atom stereocenters. The van der Waals surface area contributed by atoms with Gasteiger partial charge in [-0.25, -0.2) is 16.8 Å². The molecule has 0 amide bonds. The van der Waals surface area contributed by atoms with Gasteiger partial charge in [0.2, 0.25) is 0 Å². The van der Waals surface area contributed by atoms with E-state index in [-0.39, 0.29) is 15.7 Å². The Morgan fingerprint density at radius 1 is 1.00 bits per heavy atom. The van der Waals surface area contributed by atoms with E-state index >= 15 is 0 Å². The smallest absolute Gasteiger partial charge is 0.200 e. The van der Waals surface area contributed by atoms with Gasteiger partial charge in [0.1, 0.15) is 0 Å². The van der Waals surface area contributed by atoms with Gasteiger partial charge in [-0.05, 0) is 29.4 Å². The van der Waals surface area contributed by atoms with Crippen LogP contribution in [0.2, 0.25) is 0 Å². The van der Waals surface area contributed by atoms with Crippen molar-refractivity contribution >= 4 is 19.7 Å². The summed E-state index contributed by atoms with van der Waals surface area (Å²) in [6.07, 6.45) is 6.09. The van der Waals surface area contributed by atoms with Crippen LogP contribution < -0.4 is 0 Å². The van der Waals surface area contributed by atoms with Crippen LogP contribution in [0.25, 0.3) is 0 Å². The van der Waals surface area contributed by atoms with Crippen molar-refractivity contribution in [2.45, 2.75) is 6.92 Å². The van der Waals surface area contributed by atoms with Crippen LogP contribution in [-0.4, -0.2) is 16.8 Å². The first-order valence-electron chi connectivity index (χ1n) is 5.36. The van der Waals surface area contributed by atoms with Crippen molar-refractivity contribution < 1.29 is 16.8 Å². The molecular weight excluding hydrogens is 272 g/mol. The van der Waals surface area contributed by atoms with Crippen LogP contribution in [-0.2, 0) is 19.7 Å². The molecule has 0 fully saturated rings. The monoisotopic (exact) mass is 282 g/mol. The fourth-order valence-corrected chi connectivity index (χ4v) is 5.14. The van der Waals surface area contributed by atoms with Crippen molar-refractivity contribution in [3.05, 3.63) is 56.1 Å². The maximum Gasteiger partial charge on any atom is 0.200 e. The largest absolute Gasteiger partial charge is 0.219 e. The van der Waals surface area contributed by atoms with Crippen molar-refractivity contribution in [3.63, 3.8) is 0 Å². The highest BCUT2D eigenvalue weighted by Crippen LogP contribution is 2.39. The second-order valence-electron chi connectivity index (χ2n) is 4.43. The number of allylic oxidation sites excluding steroid dienone is 7. The molecule has 3 rings (SSSR count). The third kappa shape index (κ3) is 1.49. The number of fused-ring (bicyclic) bond motifs is 1. The lowest BCUT2D eigenvalue weighted by atomic mass is 10.1. The van der Waals surface area contributed by atoms with Crippen LogP contribution in [0.5, 0.6) is 0 Å². The molecule has 0 aromatic carbocycles. The molecule has 2 heterocycles.